The zero-order valence-electron chi connectivity index (χ0n) is 18.5. The van der Waals surface area contributed by atoms with Gasteiger partial charge in [-0.25, -0.2) is 8.42 Å². The molecule has 9 heteroatoms. The van der Waals surface area contributed by atoms with E-state index in [1.165, 1.54) is 5.56 Å². The van der Waals surface area contributed by atoms with Crippen molar-refractivity contribution in [3.63, 3.8) is 0 Å². The van der Waals surface area contributed by atoms with E-state index in [2.05, 4.69) is 22.3 Å². The van der Waals surface area contributed by atoms with Crippen molar-refractivity contribution in [1.82, 2.24) is 10.2 Å². The number of carbonyl (C=O) groups is 1. The Morgan fingerprint density at radius 1 is 1.16 bits per heavy atom. The molecule has 0 saturated carbocycles. The molecule has 3 rings (SSSR count). The molecule has 0 bridgehead atoms. The molecule has 0 spiro atoms. The Bertz CT molecular complexity index is 1010. The number of anilines is 1. The summed E-state index contributed by atoms with van der Waals surface area (Å²) in [6, 6.07) is 13.7. The van der Waals surface area contributed by atoms with Crippen LogP contribution in [0.4, 0.5) is 5.69 Å². The lowest BCUT2D eigenvalue weighted by molar-refractivity contribution is -0.122. The molecule has 1 fully saturated rings. The second kappa shape index (κ2) is 11.1. The number of carbonyl (C=O) groups excluding carboxylic acids is 1. The van der Waals surface area contributed by atoms with Gasteiger partial charge in [0.15, 0.2) is 0 Å². The summed E-state index contributed by atoms with van der Waals surface area (Å²) < 4.78 is 31.6. The lowest BCUT2D eigenvalue weighted by Gasteiger charge is -2.30. The van der Waals surface area contributed by atoms with Crippen molar-refractivity contribution in [2.75, 3.05) is 36.9 Å². The highest BCUT2D eigenvalue weighted by molar-refractivity contribution is 7.92. The van der Waals surface area contributed by atoms with Crippen molar-refractivity contribution in [3.05, 3.63) is 64.7 Å². The molecule has 2 aromatic rings. The Morgan fingerprint density at radius 3 is 2.44 bits per heavy atom. The number of ether oxygens (including phenoxy) is 1. The molecular formula is C23H30ClN3O4S. The Morgan fingerprint density at radius 2 is 1.81 bits per heavy atom. The van der Waals surface area contributed by atoms with Gasteiger partial charge in [-0.05, 0) is 41.8 Å². The second-order valence-electron chi connectivity index (χ2n) is 7.89. The van der Waals surface area contributed by atoms with Crippen LogP contribution in [-0.4, -0.2) is 57.8 Å². The molecule has 2 aromatic carbocycles. The van der Waals surface area contributed by atoms with E-state index in [0.29, 0.717) is 23.7 Å². The maximum atomic E-state index is 13.0. The van der Waals surface area contributed by atoms with Gasteiger partial charge < -0.3 is 10.1 Å². The third kappa shape index (κ3) is 6.68. The minimum Gasteiger partial charge on any atom is -0.379 e. The highest BCUT2D eigenvalue weighted by atomic mass is 35.5. The van der Waals surface area contributed by atoms with E-state index in [1.807, 2.05) is 12.1 Å². The maximum Gasteiger partial charge on any atom is 0.244 e. The Kier molecular flexibility index (Phi) is 8.53. The number of morpholine rings is 1. The first kappa shape index (κ1) is 24.5. The molecule has 1 heterocycles. The second-order valence-corrected chi connectivity index (χ2v) is 10.2. The smallest absolute Gasteiger partial charge is 0.244 e. The predicted molar refractivity (Wildman–Crippen MR) is 127 cm³/mol. The van der Waals surface area contributed by atoms with Crippen LogP contribution >= 0.6 is 11.6 Å². The summed E-state index contributed by atoms with van der Waals surface area (Å²) in [5.41, 5.74) is 2.55. The first-order chi connectivity index (χ1) is 15.3. The van der Waals surface area contributed by atoms with Crippen LogP contribution in [-0.2, 0) is 32.6 Å². The molecular weight excluding hydrogens is 450 g/mol. The fourth-order valence-electron chi connectivity index (χ4n) is 3.81. The fraction of sp³-hybridized carbons (Fsp3) is 0.435. The van der Waals surface area contributed by atoms with Crippen molar-refractivity contribution < 1.29 is 17.9 Å². The number of sulfonamides is 1. The summed E-state index contributed by atoms with van der Waals surface area (Å²) in [4.78, 5) is 15.4. The molecule has 1 aliphatic heterocycles. The number of hydrogen-bond donors (Lipinski definition) is 1. The average Bonchev–Trinajstić information content (AvgIpc) is 2.77. The van der Waals surface area contributed by atoms with Gasteiger partial charge in [0.25, 0.3) is 0 Å². The number of benzene rings is 2. The summed E-state index contributed by atoms with van der Waals surface area (Å²) in [5.74, 6) is -0.341. The molecule has 0 aliphatic carbocycles. The molecule has 0 unspecified atom stereocenters. The van der Waals surface area contributed by atoms with Crippen LogP contribution in [0.3, 0.4) is 0 Å². The van der Waals surface area contributed by atoms with Crippen molar-refractivity contribution in [2.24, 2.45) is 0 Å². The standard InChI is InChI=1S/C23H30ClN3O4S/c1-3-22(27(32(2,29)30)21-9-7-20(24)8-10-21)23(28)25-16-18-5-4-6-19(15-18)17-26-11-13-31-14-12-26/h4-10,15,22H,3,11-14,16-17H2,1-2H3,(H,25,28)/t22-/m0/s1. The molecule has 1 atom stereocenters. The third-order valence-electron chi connectivity index (χ3n) is 5.38. The van der Waals surface area contributed by atoms with Gasteiger partial charge in [-0.3, -0.25) is 14.0 Å². The van der Waals surface area contributed by atoms with E-state index >= 15 is 0 Å². The molecule has 1 aliphatic rings. The first-order valence-electron chi connectivity index (χ1n) is 10.7. The summed E-state index contributed by atoms with van der Waals surface area (Å²) in [6.07, 6.45) is 1.44. The number of nitrogens with one attached hydrogen (secondary N) is 1. The Hall–Kier alpha value is -2.13. The van der Waals surface area contributed by atoms with Crippen LogP contribution in [0.5, 0.6) is 0 Å². The quantitative estimate of drug-likeness (QED) is 0.598. The van der Waals surface area contributed by atoms with Gasteiger partial charge in [-0.15, -0.1) is 0 Å². The zero-order valence-corrected chi connectivity index (χ0v) is 20.0. The van der Waals surface area contributed by atoms with E-state index in [1.54, 1.807) is 31.2 Å². The van der Waals surface area contributed by atoms with Crippen molar-refractivity contribution in [3.8, 4) is 0 Å². The van der Waals surface area contributed by atoms with Crippen LogP contribution in [0.15, 0.2) is 48.5 Å². The van der Waals surface area contributed by atoms with Crippen LogP contribution in [0.2, 0.25) is 5.02 Å². The summed E-state index contributed by atoms with van der Waals surface area (Å²) in [7, 11) is -3.68. The SMILES string of the molecule is CC[C@@H](C(=O)NCc1cccc(CN2CCOCC2)c1)N(c1ccc(Cl)cc1)S(C)(=O)=O. The minimum atomic E-state index is -3.68. The van der Waals surface area contributed by atoms with Gasteiger partial charge in [-0.1, -0.05) is 42.8 Å². The highest BCUT2D eigenvalue weighted by Crippen LogP contribution is 2.24. The van der Waals surface area contributed by atoms with E-state index in [4.69, 9.17) is 16.3 Å². The van der Waals surface area contributed by atoms with E-state index in [0.717, 1.165) is 49.0 Å². The normalized spacial score (nSPS) is 15.8. The van der Waals surface area contributed by atoms with E-state index in [9.17, 15) is 13.2 Å². The molecule has 1 N–H and O–H groups in total. The summed E-state index contributed by atoms with van der Waals surface area (Å²) >= 11 is 5.94. The van der Waals surface area contributed by atoms with Crippen LogP contribution < -0.4 is 9.62 Å². The lowest BCUT2D eigenvalue weighted by Crippen LogP contribution is -2.49. The Balaban J connectivity index is 1.69. The van der Waals surface area contributed by atoms with Gasteiger partial charge >= 0.3 is 0 Å². The third-order valence-corrected chi connectivity index (χ3v) is 6.81. The summed E-state index contributed by atoms with van der Waals surface area (Å²) in [6.45, 7) is 6.26. The van der Waals surface area contributed by atoms with E-state index in [-0.39, 0.29) is 5.91 Å². The number of amides is 1. The first-order valence-corrected chi connectivity index (χ1v) is 12.9. The average molecular weight is 480 g/mol. The highest BCUT2D eigenvalue weighted by Gasteiger charge is 2.31. The number of nitrogens with zero attached hydrogens (tertiary/aromatic N) is 2. The topological polar surface area (TPSA) is 79.0 Å². The number of rotatable bonds is 9. The van der Waals surface area contributed by atoms with Gasteiger partial charge in [0.2, 0.25) is 15.9 Å². The molecule has 174 valence electrons. The Labute approximate surface area is 195 Å². The van der Waals surface area contributed by atoms with Crippen molar-refractivity contribution >= 4 is 33.2 Å². The molecule has 1 saturated heterocycles. The number of halogens is 1. The molecule has 7 nitrogen and oxygen atoms in total. The zero-order chi connectivity index (χ0) is 23.1. The van der Waals surface area contributed by atoms with E-state index < -0.39 is 16.1 Å². The molecule has 32 heavy (non-hydrogen) atoms. The lowest BCUT2D eigenvalue weighted by atomic mass is 10.1. The van der Waals surface area contributed by atoms with Crippen LogP contribution in [0.25, 0.3) is 0 Å². The molecule has 0 radical (unpaired) electrons. The van der Waals surface area contributed by atoms with Gasteiger partial charge in [0.1, 0.15) is 6.04 Å². The fourth-order valence-corrected chi connectivity index (χ4v) is 5.15. The van der Waals surface area contributed by atoms with Crippen molar-refractivity contribution in [1.29, 1.82) is 0 Å². The largest absolute Gasteiger partial charge is 0.379 e. The van der Waals surface area contributed by atoms with Gasteiger partial charge in [0, 0.05) is 31.2 Å². The maximum absolute atomic E-state index is 13.0. The van der Waals surface area contributed by atoms with Gasteiger partial charge in [-0.2, -0.15) is 0 Å². The molecule has 1 amide bonds. The van der Waals surface area contributed by atoms with Crippen molar-refractivity contribution in [2.45, 2.75) is 32.5 Å². The minimum absolute atomic E-state index is 0.324. The van der Waals surface area contributed by atoms with Crippen LogP contribution in [0, 0.1) is 0 Å². The van der Waals surface area contributed by atoms with Crippen LogP contribution in [0.1, 0.15) is 24.5 Å². The monoisotopic (exact) mass is 479 g/mol. The molecule has 0 aromatic heterocycles. The van der Waals surface area contributed by atoms with Gasteiger partial charge in [0.05, 0.1) is 25.2 Å². The number of hydrogen-bond acceptors (Lipinski definition) is 5. The predicted octanol–water partition coefficient (Wildman–Crippen LogP) is 3.03. The summed E-state index contributed by atoms with van der Waals surface area (Å²) in [5, 5.41) is 3.41.